The van der Waals surface area contributed by atoms with Gasteiger partial charge in [-0.3, -0.25) is 4.79 Å². The van der Waals surface area contributed by atoms with Crippen LogP contribution >= 0.6 is 15.9 Å². The normalized spacial score (nSPS) is 12.5. The number of methoxy groups -OCH3 is 1. The van der Waals surface area contributed by atoms with E-state index in [0.717, 1.165) is 0 Å². The second-order valence-electron chi connectivity index (χ2n) is 4.15. The number of hydrogen-bond donors (Lipinski definition) is 1. The first kappa shape index (κ1) is 14.1. The third-order valence-electron chi connectivity index (χ3n) is 2.46. The summed E-state index contributed by atoms with van der Waals surface area (Å²) in [7, 11) is 1.63. The number of pyridine rings is 1. The molecule has 0 aliphatic heterocycles. The fraction of sp³-hybridized carbons (Fsp3) is 0.500. The van der Waals surface area contributed by atoms with Gasteiger partial charge >= 0.3 is 0 Å². The fourth-order valence-corrected chi connectivity index (χ4v) is 1.58. The van der Waals surface area contributed by atoms with Gasteiger partial charge in [0.2, 0.25) is 0 Å². The molecule has 0 aliphatic carbocycles. The number of halogens is 1. The summed E-state index contributed by atoms with van der Waals surface area (Å²) in [5, 5.41) is 2.93. The smallest absolute Gasteiger partial charge is 0.253 e. The molecule has 1 N–H and O–H groups in total. The molecule has 1 unspecified atom stereocenters. The lowest BCUT2D eigenvalue weighted by Crippen LogP contribution is -2.41. The summed E-state index contributed by atoms with van der Waals surface area (Å²) in [6.45, 7) is 4.60. The van der Waals surface area contributed by atoms with Crippen LogP contribution in [0.3, 0.4) is 0 Å². The molecule has 1 amide bonds. The molecular formula is C12H17BrN2O2. The Balaban J connectivity index is 2.66. The zero-order chi connectivity index (χ0) is 12.8. The Hall–Kier alpha value is -0.940. The van der Waals surface area contributed by atoms with Crippen LogP contribution in [0.4, 0.5) is 0 Å². The van der Waals surface area contributed by atoms with Crippen molar-refractivity contribution in [3.8, 4) is 0 Å². The van der Waals surface area contributed by atoms with Crippen molar-refractivity contribution < 1.29 is 9.53 Å². The number of amides is 1. The second kappa shape index (κ2) is 6.71. The minimum Gasteiger partial charge on any atom is -0.383 e. The molecule has 0 radical (unpaired) electrons. The van der Waals surface area contributed by atoms with Crippen LogP contribution in [0, 0.1) is 5.92 Å². The number of nitrogens with zero attached hydrogens (tertiary/aromatic N) is 1. The molecule has 0 aromatic carbocycles. The van der Waals surface area contributed by atoms with Crippen LogP contribution in [0.25, 0.3) is 0 Å². The summed E-state index contributed by atoms with van der Waals surface area (Å²) in [4.78, 5) is 15.9. The van der Waals surface area contributed by atoms with Gasteiger partial charge in [-0.05, 0) is 34.0 Å². The Morgan fingerprint density at radius 2 is 2.24 bits per heavy atom. The fourth-order valence-electron chi connectivity index (χ4n) is 1.34. The van der Waals surface area contributed by atoms with Gasteiger partial charge in [0.1, 0.15) is 4.60 Å². The number of carbonyl (C=O) groups excluding carboxylic acids is 1. The number of hydrogen-bond acceptors (Lipinski definition) is 3. The predicted molar refractivity (Wildman–Crippen MR) is 69.9 cm³/mol. The minimum atomic E-state index is -0.124. The second-order valence-corrected chi connectivity index (χ2v) is 4.96. The minimum absolute atomic E-state index is 0.0103. The molecule has 0 aliphatic rings. The van der Waals surface area contributed by atoms with Crippen LogP contribution in [0.5, 0.6) is 0 Å². The number of nitrogens with one attached hydrogen (secondary N) is 1. The van der Waals surface area contributed by atoms with Gasteiger partial charge in [0.25, 0.3) is 5.91 Å². The van der Waals surface area contributed by atoms with Crippen molar-refractivity contribution in [1.29, 1.82) is 0 Å². The number of ether oxygens (including phenoxy) is 1. The van der Waals surface area contributed by atoms with Crippen LogP contribution < -0.4 is 5.32 Å². The molecule has 0 bridgehead atoms. The highest BCUT2D eigenvalue weighted by molar-refractivity contribution is 9.10. The van der Waals surface area contributed by atoms with E-state index in [-0.39, 0.29) is 11.9 Å². The van der Waals surface area contributed by atoms with E-state index >= 15 is 0 Å². The Kier molecular flexibility index (Phi) is 5.58. The summed E-state index contributed by atoms with van der Waals surface area (Å²) in [5.41, 5.74) is 0.551. The highest BCUT2D eigenvalue weighted by Gasteiger charge is 2.16. The molecule has 94 valence electrons. The standard InChI is InChI=1S/C12H17BrN2O2/c1-8(2)10(7-17-3)15-12(16)9-4-5-11(13)14-6-9/h4-6,8,10H,7H2,1-3H3,(H,15,16). The van der Waals surface area contributed by atoms with Crippen molar-refractivity contribution in [2.75, 3.05) is 13.7 Å². The van der Waals surface area contributed by atoms with Crippen molar-refractivity contribution in [1.82, 2.24) is 10.3 Å². The zero-order valence-electron chi connectivity index (χ0n) is 10.2. The van der Waals surface area contributed by atoms with E-state index in [0.29, 0.717) is 22.7 Å². The molecule has 1 aromatic heterocycles. The van der Waals surface area contributed by atoms with E-state index in [1.165, 1.54) is 0 Å². The first-order valence-electron chi connectivity index (χ1n) is 5.46. The SMILES string of the molecule is COCC(NC(=O)c1ccc(Br)nc1)C(C)C. The van der Waals surface area contributed by atoms with Crippen molar-refractivity contribution in [2.24, 2.45) is 5.92 Å². The number of carbonyl (C=O) groups is 1. The lowest BCUT2D eigenvalue weighted by Gasteiger charge is -2.21. The van der Waals surface area contributed by atoms with Crippen molar-refractivity contribution in [2.45, 2.75) is 19.9 Å². The number of aromatic nitrogens is 1. The highest BCUT2D eigenvalue weighted by atomic mass is 79.9. The van der Waals surface area contributed by atoms with Crippen molar-refractivity contribution in [3.63, 3.8) is 0 Å². The van der Waals surface area contributed by atoms with E-state index in [4.69, 9.17) is 4.74 Å². The molecule has 0 saturated carbocycles. The van der Waals surface area contributed by atoms with Gasteiger partial charge in [-0.25, -0.2) is 4.98 Å². The maximum atomic E-state index is 11.9. The van der Waals surface area contributed by atoms with Crippen LogP contribution in [-0.2, 0) is 4.74 Å². The maximum Gasteiger partial charge on any atom is 0.253 e. The monoisotopic (exact) mass is 300 g/mol. The van der Waals surface area contributed by atoms with Gasteiger partial charge in [-0.1, -0.05) is 13.8 Å². The van der Waals surface area contributed by atoms with Gasteiger partial charge in [-0.2, -0.15) is 0 Å². The molecule has 1 rings (SSSR count). The van der Waals surface area contributed by atoms with E-state index < -0.39 is 0 Å². The van der Waals surface area contributed by atoms with E-state index in [1.807, 2.05) is 13.8 Å². The van der Waals surface area contributed by atoms with Crippen molar-refractivity contribution in [3.05, 3.63) is 28.5 Å². The molecule has 1 heterocycles. The van der Waals surface area contributed by atoms with Crippen LogP contribution in [0.1, 0.15) is 24.2 Å². The summed E-state index contributed by atoms with van der Waals surface area (Å²) >= 11 is 3.23. The maximum absolute atomic E-state index is 11.9. The molecule has 1 aromatic rings. The van der Waals surface area contributed by atoms with E-state index in [9.17, 15) is 4.79 Å². The van der Waals surface area contributed by atoms with Gasteiger partial charge in [0, 0.05) is 13.3 Å². The lowest BCUT2D eigenvalue weighted by atomic mass is 10.1. The Morgan fingerprint density at radius 1 is 1.53 bits per heavy atom. The molecular weight excluding hydrogens is 284 g/mol. The van der Waals surface area contributed by atoms with Gasteiger partial charge in [0.05, 0.1) is 18.2 Å². The third kappa shape index (κ3) is 4.44. The van der Waals surface area contributed by atoms with Crippen molar-refractivity contribution >= 4 is 21.8 Å². The average Bonchev–Trinajstić information content (AvgIpc) is 2.29. The topological polar surface area (TPSA) is 51.2 Å². The van der Waals surface area contributed by atoms with Crippen LogP contribution in [-0.4, -0.2) is 30.6 Å². The summed E-state index contributed by atoms with van der Waals surface area (Å²) in [6.07, 6.45) is 1.55. The first-order chi connectivity index (χ1) is 8.04. The van der Waals surface area contributed by atoms with E-state index in [1.54, 1.807) is 25.4 Å². The molecule has 17 heavy (non-hydrogen) atoms. The Morgan fingerprint density at radius 3 is 2.71 bits per heavy atom. The van der Waals surface area contributed by atoms with Crippen LogP contribution in [0.15, 0.2) is 22.9 Å². The number of rotatable bonds is 5. The zero-order valence-corrected chi connectivity index (χ0v) is 11.8. The molecule has 0 spiro atoms. The molecule has 4 nitrogen and oxygen atoms in total. The Bertz CT molecular complexity index is 365. The molecule has 0 saturated heterocycles. The van der Waals surface area contributed by atoms with E-state index in [2.05, 4.69) is 26.2 Å². The molecule has 5 heteroatoms. The Labute approximate surface area is 110 Å². The molecule has 0 fully saturated rings. The van der Waals surface area contributed by atoms with Gasteiger partial charge in [-0.15, -0.1) is 0 Å². The summed E-state index contributed by atoms with van der Waals surface area (Å²) < 4.78 is 5.80. The molecule has 1 atom stereocenters. The highest BCUT2D eigenvalue weighted by Crippen LogP contribution is 2.08. The largest absolute Gasteiger partial charge is 0.383 e. The van der Waals surface area contributed by atoms with Gasteiger partial charge in [0.15, 0.2) is 0 Å². The summed E-state index contributed by atoms with van der Waals surface area (Å²) in [5.74, 6) is 0.197. The third-order valence-corrected chi connectivity index (χ3v) is 2.93. The quantitative estimate of drug-likeness (QED) is 0.849. The predicted octanol–water partition coefficient (Wildman–Crippen LogP) is 2.24. The lowest BCUT2D eigenvalue weighted by molar-refractivity contribution is 0.0866. The van der Waals surface area contributed by atoms with Crippen LogP contribution in [0.2, 0.25) is 0 Å². The average molecular weight is 301 g/mol. The van der Waals surface area contributed by atoms with Gasteiger partial charge < -0.3 is 10.1 Å². The summed E-state index contributed by atoms with van der Waals surface area (Å²) in [6, 6.07) is 3.49. The first-order valence-corrected chi connectivity index (χ1v) is 6.25.